The molecule has 0 aromatic heterocycles. The van der Waals surface area contributed by atoms with E-state index in [1.807, 2.05) is 0 Å². The van der Waals surface area contributed by atoms with E-state index in [1.165, 1.54) is 12.1 Å². The number of nitrogens with one attached hydrogen (secondary N) is 1. The van der Waals surface area contributed by atoms with Gasteiger partial charge in [-0.25, -0.2) is 0 Å². The fraction of sp³-hybridized carbons (Fsp3) is 0.250. The van der Waals surface area contributed by atoms with Gasteiger partial charge in [-0.2, -0.15) is 0 Å². The molecule has 1 fully saturated rings. The molecule has 0 bridgehead atoms. The Labute approximate surface area is 124 Å². The summed E-state index contributed by atoms with van der Waals surface area (Å²) < 4.78 is 0. The Morgan fingerprint density at radius 2 is 1.70 bits per heavy atom. The number of imide groups is 1. The van der Waals surface area contributed by atoms with Gasteiger partial charge in [0.2, 0.25) is 17.7 Å². The van der Waals surface area contributed by atoms with Crippen molar-refractivity contribution in [3.05, 3.63) is 22.2 Å². The average molecular weight is 316 g/mol. The van der Waals surface area contributed by atoms with E-state index >= 15 is 0 Å². The Bertz CT molecular complexity index is 565. The summed E-state index contributed by atoms with van der Waals surface area (Å²) in [6.45, 7) is -0.352. The van der Waals surface area contributed by atoms with E-state index in [1.54, 1.807) is 0 Å². The van der Waals surface area contributed by atoms with Crippen LogP contribution in [0.2, 0.25) is 10.0 Å². The number of benzene rings is 1. The molecule has 0 atom stereocenters. The van der Waals surface area contributed by atoms with E-state index in [4.69, 9.17) is 28.9 Å². The molecule has 0 radical (unpaired) electrons. The molecule has 1 aliphatic heterocycles. The van der Waals surface area contributed by atoms with E-state index in [-0.39, 0.29) is 46.9 Å². The minimum atomic E-state index is -0.554. The van der Waals surface area contributed by atoms with E-state index < -0.39 is 5.91 Å². The summed E-state index contributed by atoms with van der Waals surface area (Å²) in [5, 5.41) is 2.83. The first-order valence-electron chi connectivity index (χ1n) is 5.76. The van der Waals surface area contributed by atoms with Crippen LogP contribution in [0.15, 0.2) is 12.1 Å². The number of nitrogens with two attached hydrogens (primary N) is 1. The molecule has 20 heavy (non-hydrogen) atoms. The van der Waals surface area contributed by atoms with Crippen LogP contribution in [0.3, 0.4) is 0 Å². The number of rotatable bonds is 3. The summed E-state index contributed by atoms with van der Waals surface area (Å²) in [4.78, 5) is 35.6. The van der Waals surface area contributed by atoms with Gasteiger partial charge in [-0.05, 0) is 12.1 Å². The number of amides is 3. The third-order valence-corrected chi connectivity index (χ3v) is 3.38. The summed E-state index contributed by atoms with van der Waals surface area (Å²) in [7, 11) is 0. The second kappa shape index (κ2) is 5.68. The molecule has 6 nitrogen and oxygen atoms in total. The standard InChI is InChI=1S/C12H11Cl2N3O3/c13-7-3-6(15)4-8(14)12(7)16-9(18)5-17-10(19)1-2-11(17)20/h3-4H,1-2,5,15H2,(H,16,18). The van der Waals surface area contributed by atoms with Crippen molar-refractivity contribution >= 4 is 52.3 Å². The number of hydrogen-bond acceptors (Lipinski definition) is 4. The maximum Gasteiger partial charge on any atom is 0.244 e. The summed E-state index contributed by atoms with van der Waals surface area (Å²) in [6, 6.07) is 2.88. The number of nitrogens with zero attached hydrogens (tertiary/aromatic N) is 1. The lowest BCUT2D eigenvalue weighted by atomic mass is 10.2. The zero-order chi connectivity index (χ0) is 14.9. The molecule has 1 saturated heterocycles. The minimum absolute atomic E-state index is 0.134. The number of likely N-dealkylation sites (tertiary alicyclic amines) is 1. The lowest BCUT2D eigenvalue weighted by Gasteiger charge is -2.15. The Morgan fingerprint density at radius 1 is 1.20 bits per heavy atom. The maximum atomic E-state index is 11.8. The number of carbonyl (C=O) groups is 3. The maximum absolute atomic E-state index is 11.8. The van der Waals surface area contributed by atoms with Crippen molar-refractivity contribution in [2.24, 2.45) is 0 Å². The lowest BCUT2D eigenvalue weighted by molar-refractivity contribution is -0.141. The Kier molecular flexibility index (Phi) is 4.15. The molecular formula is C12H11Cl2N3O3. The van der Waals surface area contributed by atoms with Crippen LogP contribution in [-0.4, -0.2) is 29.2 Å². The number of nitrogen functional groups attached to an aromatic ring is 1. The zero-order valence-corrected chi connectivity index (χ0v) is 11.8. The number of carbonyl (C=O) groups excluding carboxylic acids is 3. The molecule has 0 saturated carbocycles. The van der Waals surface area contributed by atoms with Crippen LogP contribution in [0, 0.1) is 0 Å². The van der Waals surface area contributed by atoms with Crippen molar-refractivity contribution in [1.29, 1.82) is 0 Å². The van der Waals surface area contributed by atoms with Gasteiger partial charge in [0.05, 0.1) is 15.7 Å². The van der Waals surface area contributed by atoms with Crippen LogP contribution < -0.4 is 11.1 Å². The number of halogens is 2. The topological polar surface area (TPSA) is 92.5 Å². The van der Waals surface area contributed by atoms with Gasteiger partial charge in [-0.3, -0.25) is 19.3 Å². The van der Waals surface area contributed by atoms with Gasteiger partial charge in [0.15, 0.2) is 0 Å². The van der Waals surface area contributed by atoms with E-state index in [9.17, 15) is 14.4 Å². The van der Waals surface area contributed by atoms with Gasteiger partial charge < -0.3 is 11.1 Å². The van der Waals surface area contributed by atoms with Gasteiger partial charge in [-0.1, -0.05) is 23.2 Å². The summed E-state index contributed by atoms with van der Waals surface area (Å²) in [6.07, 6.45) is 0.269. The highest BCUT2D eigenvalue weighted by Crippen LogP contribution is 2.32. The molecule has 1 aromatic carbocycles. The Balaban J connectivity index is 2.09. The molecular weight excluding hydrogens is 305 g/mol. The van der Waals surface area contributed by atoms with E-state index in [0.29, 0.717) is 5.69 Å². The lowest BCUT2D eigenvalue weighted by Crippen LogP contribution is -2.36. The SMILES string of the molecule is Nc1cc(Cl)c(NC(=O)CN2C(=O)CCC2=O)c(Cl)c1. The van der Waals surface area contributed by atoms with Gasteiger partial charge in [0, 0.05) is 18.5 Å². The van der Waals surface area contributed by atoms with Gasteiger partial charge in [-0.15, -0.1) is 0 Å². The molecule has 1 aromatic rings. The quantitative estimate of drug-likeness (QED) is 0.655. The van der Waals surface area contributed by atoms with Crippen molar-refractivity contribution < 1.29 is 14.4 Å². The Hall–Kier alpha value is -1.79. The third-order valence-electron chi connectivity index (χ3n) is 2.79. The number of hydrogen-bond donors (Lipinski definition) is 2. The van der Waals surface area contributed by atoms with Gasteiger partial charge in [0.1, 0.15) is 6.54 Å². The molecule has 2 rings (SSSR count). The summed E-state index contributed by atoms with van der Waals surface area (Å²) in [5.41, 5.74) is 6.11. The number of anilines is 2. The predicted molar refractivity (Wildman–Crippen MR) is 75.5 cm³/mol. The van der Waals surface area contributed by atoms with Crippen molar-refractivity contribution in [3.8, 4) is 0 Å². The molecule has 8 heteroatoms. The van der Waals surface area contributed by atoms with Crippen LogP contribution in [0.4, 0.5) is 11.4 Å². The summed E-state index contributed by atoms with van der Waals surface area (Å²) >= 11 is 11.9. The van der Waals surface area contributed by atoms with Gasteiger partial charge in [0.25, 0.3) is 0 Å². The molecule has 0 unspecified atom stereocenters. The highest BCUT2D eigenvalue weighted by Gasteiger charge is 2.30. The second-order valence-electron chi connectivity index (χ2n) is 4.28. The first-order chi connectivity index (χ1) is 9.38. The molecule has 1 aliphatic rings. The second-order valence-corrected chi connectivity index (χ2v) is 5.10. The normalized spacial score (nSPS) is 14.8. The fourth-order valence-corrected chi connectivity index (χ4v) is 2.43. The van der Waals surface area contributed by atoms with Gasteiger partial charge >= 0.3 is 0 Å². The predicted octanol–water partition coefficient (Wildman–Crippen LogP) is 1.66. The van der Waals surface area contributed by atoms with Crippen LogP contribution >= 0.6 is 23.2 Å². The highest BCUT2D eigenvalue weighted by molar-refractivity contribution is 6.40. The van der Waals surface area contributed by atoms with Crippen molar-refractivity contribution in [2.45, 2.75) is 12.8 Å². The largest absolute Gasteiger partial charge is 0.399 e. The highest BCUT2D eigenvalue weighted by atomic mass is 35.5. The van der Waals surface area contributed by atoms with E-state index in [0.717, 1.165) is 4.90 Å². The average Bonchev–Trinajstić information content (AvgIpc) is 2.65. The first-order valence-corrected chi connectivity index (χ1v) is 6.51. The molecule has 106 valence electrons. The van der Waals surface area contributed by atoms with Crippen molar-refractivity contribution in [3.63, 3.8) is 0 Å². The van der Waals surface area contributed by atoms with Crippen molar-refractivity contribution in [2.75, 3.05) is 17.6 Å². The monoisotopic (exact) mass is 315 g/mol. The fourth-order valence-electron chi connectivity index (χ4n) is 1.83. The summed E-state index contributed by atoms with van der Waals surface area (Å²) in [5.74, 6) is -1.28. The van der Waals surface area contributed by atoms with E-state index in [2.05, 4.69) is 5.32 Å². The Morgan fingerprint density at radius 3 is 2.20 bits per heavy atom. The van der Waals surface area contributed by atoms with Crippen LogP contribution in [0.1, 0.15) is 12.8 Å². The van der Waals surface area contributed by atoms with Crippen LogP contribution in [0.25, 0.3) is 0 Å². The molecule has 0 aliphatic carbocycles. The van der Waals surface area contributed by atoms with Crippen molar-refractivity contribution in [1.82, 2.24) is 4.90 Å². The minimum Gasteiger partial charge on any atom is -0.399 e. The zero-order valence-electron chi connectivity index (χ0n) is 10.3. The smallest absolute Gasteiger partial charge is 0.244 e. The van der Waals surface area contributed by atoms with Crippen LogP contribution in [0.5, 0.6) is 0 Å². The molecule has 3 N–H and O–H groups in total. The molecule has 3 amide bonds. The van der Waals surface area contributed by atoms with Crippen LogP contribution in [-0.2, 0) is 14.4 Å². The molecule has 0 spiro atoms. The molecule has 1 heterocycles. The third kappa shape index (κ3) is 3.02. The first kappa shape index (κ1) is 14.6.